The summed E-state index contributed by atoms with van der Waals surface area (Å²) in [5.74, 6) is 0.0984. The van der Waals surface area contributed by atoms with Gasteiger partial charge in [0, 0.05) is 17.5 Å². The van der Waals surface area contributed by atoms with Crippen LogP contribution < -0.4 is 0 Å². The van der Waals surface area contributed by atoms with Crippen molar-refractivity contribution in [3.63, 3.8) is 0 Å². The lowest BCUT2D eigenvalue weighted by Gasteiger charge is -2.37. The van der Waals surface area contributed by atoms with Gasteiger partial charge in [0.15, 0.2) is 0 Å². The quantitative estimate of drug-likeness (QED) is 0.912. The number of fused-ring (bicyclic) bond motifs is 1. The van der Waals surface area contributed by atoms with E-state index in [-0.39, 0.29) is 0 Å². The number of carboxylic acid groups (broad SMARTS) is 1. The Morgan fingerprint density at radius 2 is 2.17 bits per heavy atom. The number of aromatic carboxylic acids is 1. The minimum absolute atomic E-state index is 0.463. The van der Waals surface area contributed by atoms with Gasteiger partial charge in [0.2, 0.25) is 0 Å². The van der Waals surface area contributed by atoms with Crippen LogP contribution in [0.25, 0.3) is 0 Å². The molecule has 1 aliphatic heterocycles. The molecule has 0 amide bonds. The molecule has 1 saturated carbocycles. The molecule has 1 aliphatic carbocycles. The van der Waals surface area contributed by atoms with Gasteiger partial charge >= 0.3 is 5.97 Å². The van der Waals surface area contributed by atoms with Gasteiger partial charge in [0.1, 0.15) is 4.88 Å². The molecule has 3 rings (SSSR count). The third-order valence-electron chi connectivity index (χ3n) is 4.34. The molecule has 98 valence electrons. The van der Waals surface area contributed by atoms with E-state index < -0.39 is 5.97 Å². The summed E-state index contributed by atoms with van der Waals surface area (Å²) in [6, 6.07) is 4.47. The largest absolute Gasteiger partial charge is 0.477 e. The molecule has 2 unspecified atom stereocenters. The van der Waals surface area contributed by atoms with E-state index in [9.17, 15) is 4.79 Å². The Balaban J connectivity index is 1.69. The zero-order valence-electron chi connectivity index (χ0n) is 10.5. The van der Waals surface area contributed by atoms with E-state index in [2.05, 4.69) is 4.90 Å². The smallest absolute Gasteiger partial charge is 0.345 e. The molecule has 1 N–H and O–H groups in total. The third kappa shape index (κ3) is 2.31. The van der Waals surface area contributed by atoms with Crippen molar-refractivity contribution in [2.45, 2.75) is 44.7 Å². The van der Waals surface area contributed by atoms with Crippen LogP contribution >= 0.6 is 11.3 Å². The number of hydrogen-bond donors (Lipinski definition) is 1. The molecule has 3 nitrogen and oxygen atoms in total. The Hall–Kier alpha value is -0.870. The first-order valence-electron chi connectivity index (χ1n) is 6.80. The Labute approximate surface area is 111 Å². The maximum atomic E-state index is 10.9. The zero-order chi connectivity index (χ0) is 12.5. The molecule has 18 heavy (non-hydrogen) atoms. The van der Waals surface area contributed by atoms with Crippen LogP contribution in [0, 0.1) is 5.92 Å². The van der Waals surface area contributed by atoms with Crippen LogP contribution in [0.15, 0.2) is 12.1 Å². The Morgan fingerprint density at radius 3 is 2.94 bits per heavy atom. The van der Waals surface area contributed by atoms with Gasteiger partial charge in [-0.1, -0.05) is 6.42 Å². The van der Waals surface area contributed by atoms with Crippen LogP contribution in [0.3, 0.4) is 0 Å². The predicted octanol–water partition coefficient (Wildman–Crippen LogP) is 3.21. The first-order chi connectivity index (χ1) is 8.74. The highest BCUT2D eigenvalue weighted by Gasteiger charge is 2.34. The molecule has 2 aliphatic rings. The van der Waals surface area contributed by atoms with E-state index in [0.29, 0.717) is 4.88 Å². The van der Waals surface area contributed by atoms with Gasteiger partial charge < -0.3 is 5.11 Å². The van der Waals surface area contributed by atoms with Crippen molar-refractivity contribution >= 4 is 17.3 Å². The molecule has 1 aromatic rings. The molecule has 0 spiro atoms. The second kappa shape index (κ2) is 5.02. The SMILES string of the molecule is O=C(O)c1ccc(CN2CCCC3CCCC32)s1. The van der Waals surface area contributed by atoms with Crippen LogP contribution in [-0.2, 0) is 6.54 Å². The standard InChI is InChI=1S/C14H19NO2S/c16-14(17)13-7-6-11(18-13)9-15-8-2-4-10-3-1-5-12(10)15/h6-7,10,12H,1-5,8-9H2,(H,16,17). The summed E-state index contributed by atoms with van der Waals surface area (Å²) >= 11 is 1.43. The number of carbonyl (C=O) groups is 1. The van der Waals surface area contributed by atoms with Crippen LogP contribution in [0.5, 0.6) is 0 Å². The van der Waals surface area contributed by atoms with Crippen molar-refractivity contribution in [3.8, 4) is 0 Å². The topological polar surface area (TPSA) is 40.5 Å². The number of carboxylic acids is 1. The van der Waals surface area contributed by atoms with Crippen LogP contribution in [0.1, 0.15) is 46.7 Å². The van der Waals surface area contributed by atoms with Crippen molar-refractivity contribution in [1.82, 2.24) is 4.90 Å². The average molecular weight is 265 g/mol. The second-order valence-corrected chi connectivity index (χ2v) is 6.61. The number of likely N-dealkylation sites (tertiary alicyclic amines) is 1. The van der Waals surface area contributed by atoms with Crippen molar-refractivity contribution in [3.05, 3.63) is 21.9 Å². The van der Waals surface area contributed by atoms with Gasteiger partial charge in [0.05, 0.1) is 0 Å². The van der Waals surface area contributed by atoms with Crippen molar-refractivity contribution in [1.29, 1.82) is 0 Å². The summed E-state index contributed by atoms with van der Waals surface area (Å²) in [5.41, 5.74) is 0. The Morgan fingerprint density at radius 1 is 1.33 bits per heavy atom. The summed E-state index contributed by atoms with van der Waals surface area (Å²) in [5, 5.41) is 8.95. The lowest BCUT2D eigenvalue weighted by molar-refractivity contribution is 0.0702. The van der Waals surface area contributed by atoms with Gasteiger partial charge in [0.25, 0.3) is 0 Å². The summed E-state index contributed by atoms with van der Waals surface area (Å²) in [4.78, 5) is 15.1. The summed E-state index contributed by atoms with van der Waals surface area (Å²) in [6.07, 6.45) is 6.80. The van der Waals surface area contributed by atoms with E-state index in [1.54, 1.807) is 6.07 Å². The number of hydrogen-bond acceptors (Lipinski definition) is 3. The molecular weight excluding hydrogens is 246 g/mol. The first kappa shape index (κ1) is 12.2. The monoisotopic (exact) mass is 265 g/mol. The molecule has 2 heterocycles. The molecule has 1 aromatic heterocycles. The van der Waals surface area contributed by atoms with E-state index >= 15 is 0 Å². The molecule has 0 aromatic carbocycles. The summed E-state index contributed by atoms with van der Waals surface area (Å²) < 4.78 is 0. The zero-order valence-corrected chi connectivity index (χ0v) is 11.3. The van der Waals surface area contributed by atoms with E-state index in [4.69, 9.17) is 5.11 Å². The Kier molecular flexibility index (Phi) is 3.39. The minimum atomic E-state index is -0.802. The lowest BCUT2D eigenvalue weighted by atomic mass is 9.92. The van der Waals surface area contributed by atoms with Crippen LogP contribution in [0.2, 0.25) is 0 Å². The highest BCUT2D eigenvalue weighted by atomic mass is 32.1. The maximum absolute atomic E-state index is 10.9. The highest BCUT2D eigenvalue weighted by molar-refractivity contribution is 7.13. The maximum Gasteiger partial charge on any atom is 0.345 e. The molecule has 2 fully saturated rings. The number of rotatable bonds is 3. The summed E-state index contributed by atoms with van der Waals surface area (Å²) in [6.45, 7) is 2.13. The predicted molar refractivity (Wildman–Crippen MR) is 72.1 cm³/mol. The number of thiophene rings is 1. The fourth-order valence-corrected chi connectivity index (χ4v) is 4.40. The van der Waals surface area contributed by atoms with Crippen molar-refractivity contribution in [2.75, 3.05) is 6.54 Å². The lowest BCUT2D eigenvalue weighted by Crippen LogP contribution is -2.41. The first-order valence-corrected chi connectivity index (χ1v) is 7.62. The minimum Gasteiger partial charge on any atom is -0.477 e. The highest BCUT2D eigenvalue weighted by Crippen LogP contribution is 2.37. The van der Waals surface area contributed by atoms with E-state index in [1.807, 2.05) is 6.07 Å². The van der Waals surface area contributed by atoms with Gasteiger partial charge in [-0.15, -0.1) is 11.3 Å². The fraction of sp³-hybridized carbons (Fsp3) is 0.643. The second-order valence-electron chi connectivity index (χ2n) is 5.44. The molecule has 2 atom stereocenters. The number of nitrogens with zero attached hydrogens (tertiary/aromatic N) is 1. The average Bonchev–Trinajstić information content (AvgIpc) is 2.97. The fourth-order valence-electron chi connectivity index (χ4n) is 3.53. The van der Waals surface area contributed by atoms with Crippen molar-refractivity contribution < 1.29 is 9.90 Å². The number of piperidine rings is 1. The molecule has 4 heteroatoms. The van der Waals surface area contributed by atoms with Crippen LogP contribution in [-0.4, -0.2) is 28.6 Å². The van der Waals surface area contributed by atoms with Crippen LogP contribution in [0.4, 0.5) is 0 Å². The molecular formula is C14H19NO2S. The summed E-state index contributed by atoms with van der Waals surface area (Å²) in [7, 11) is 0. The van der Waals surface area contributed by atoms with E-state index in [1.165, 1.54) is 54.9 Å². The normalized spacial score (nSPS) is 28.2. The van der Waals surface area contributed by atoms with Gasteiger partial charge in [-0.05, 0) is 50.3 Å². The van der Waals surface area contributed by atoms with Crippen molar-refractivity contribution in [2.24, 2.45) is 5.92 Å². The van der Waals surface area contributed by atoms with Gasteiger partial charge in [-0.25, -0.2) is 4.79 Å². The molecule has 1 saturated heterocycles. The molecule has 0 bridgehead atoms. The molecule has 0 radical (unpaired) electrons. The Bertz CT molecular complexity index is 443. The van der Waals surface area contributed by atoms with Gasteiger partial charge in [-0.3, -0.25) is 4.90 Å². The van der Waals surface area contributed by atoms with Gasteiger partial charge in [-0.2, -0.15) is 0 Å². The third-order valence-corrected chi connectivity index (χ3v) is 5.40. The van der Waals surface area contributed by atoms with E-state index in [0.717, 1.165) is 18.5 Å².